The van der Waals surface area contributed by atoms with E-state index in [2.05, 4.69) is 0 Å². The summed E-state index contributed by atoms with van der Waals surface area (Å²) in [6.45, 7) is 1.42. The van der Waals surface area contributed by atoms with Gasteiger partial charge in [0.1, 0.15) is 6.04 Å². The summed E-state index contributed by atoms with van der Waals surface area (Å²) < 4.78 is 0. The van der Waals surface area contributed by atoms with E-state index in [1.165, 1.54) is 6.92 Å². The Morgan fingerprint density at radius 2 is 1.78 bits per heavy atom. The van der Waals surface area contributed by atoms with Gasteiger partial charge in [-0.3, -0.25) is 4.79 Å². The number of hydrogen-bond donors (Lipinski definition) is 4. The van der Waals surface area contributed by atoms with Gasteiger partial charge in [-0.15, -0.1) is 0 Å². The number of carbonyl (C=O) groups is 1. The van der Waals surface area contributed by atoms with Gasteiger partial charge in [-0.1, -0.05) is 0 Å². The summed E-state index contributed by atoms with van der Waals surface area (Å²) in [5.41, 5.74) is 4.84. The van der Waals surface area contributed by atoms with Crippen LogP contribution in [0, 0.1) is 0 Å². The summed E-state index contributed by atoms with van der Waals surface area (Å²) >= 11 is 0. The molecule has 0 heterocycles. The average Bonchev–Trinajstić information content (AvgIpc) is 1.68. The number of aliphatic carboxylic acids is 1. The van der Waals surface area contributed by atoms with Crippen molar-refractivity contribution in [2.75, 3.05) is 0 Å². The molecule has 1 atom stereocenters. The van der Waals surface area contributed by atoms with Gasteiger partial charge in [-0.25, -0.2) is 0 Å². The standard InChI is InChI=1S/C3H7NO2.BH2O2/c1-2(4)3(5)6;2-1-3/h2H,4H2,1H3,(H,5,6);2-3H. The van der Waals surface area contributed by atoms with Crippen molar-refractivity contribution in [3.63, 3.8) is 0 Å². The smallest absolute Gasteiger partial charge is 0.480 e. The molecular formula is C3H9BNO4. The lowest BCUT2D eigenvalue weighted by molar-refractivity contribution is -0.138. The average molecular weight is 134 g/mol. The van der Waals surface area contributed by atoms with Crippen LogP contribution in [-0.4, -0.2) is 34.9 Å². The molecule has 0 aliphatic carbocycles. The largest absolute Gasteiger partial charge is 0.482 e. The van der Waals surface area contributed by atoms with E-state index in [-0.39, 0.29) is 7.69 Å². The Labute approximate surface area is 53.4 Å². The van der Waals surface area contributed by atoms with E-state index in [1.807, 2.05) is 0 Å². The third-order valence-corrected chi connectivity index (χ3v) is 0.390. The highest BCUT2D eigenvalue weighted by Crippen LogP contribution is 1.68. The Hall–Kier alpha value is -0.585. The van der Waals surface area contributed by atoms with E-state index in [0.29, 0.717) is 0 Å². The molecule has 0 amide bonds. The quantitative estimate of drug-likeness (QED) is 0.308. The molecule has 0 saturated carbocycles. The van der Waals surface area contributed by atoms with Crippen molar-refractivity contribution >= 4 is 13.7 Å². The molecule has 0 aromatic rings. The molecule has 1 radical (unpaired) electrons. The van der Waals surface area contributed by atoms with Crippen LogP contribution in [0.2, 0.25) is 0 Å². The monoisotopic (exact) mass is 134 g/mol. The second kappa shape index (κ2) is 7.41. The second-order valence-electron chi connectivity index (χ2n) is 1.24. The molecule has 6 heteroatoms. The van der Waals surface area contributed by atoms with Gasteiger partial charge in [0.05, 0.1) is 0 Å². The predicted octanol–water partition coefficient (Wildman–Crippen LogP) is -2.08. The molecule has 5 nitrogen and oxygen atoms in total. The SMILES string of the molecule is CC(N)C(=O)O.O[B]O. The zero-order chi connectivity index (χ0) is 7.86. The first-order valence-electron chi connectivity index (χ1n) is 2.14. The number of rotatable bonds is 1. The van der Waals surface area contributed by atoms with E-state index in [1.54, 1.807) is 0 Å². The Morgan fingerprint density at radius 3 is 1.78 bits per heavy atom. The van der Waals surface area contributed by atoms with Gasteiger partial charge < -0.3 is 20.9 Å². The van der Waals surface area contributed by atoms with Gasteiger partial charge in [-0.05, 0) is 6.92 Å². The van der Waals surface area contributed by atoms with Crippen LogP contribution in [0.3, 0.4) is 0 Å². The van der Waals surface area contributed by atoms with Gasteiger partial charge >= 0.3 is 13.7 Å². The number of carboxylic acids is 1. The molecule has 0 rings (SSSR count). The van der Waals surface area contributed by atoms with Crippen molar-refractivity contribution in [3.8, 4) is 0 Å². The van der Waals surface area contributed by atoms with Crippen molar-refractivity contribution in [2.24, 2.45) is 5.73 Å². The van der Waals surface area contributed by atoms with Crippen LogP contribution in [0.15, 0.2) is 0 Å². The molecule has 0 aromatic carbocycles. The summed E-state index contributed by atoms with van der Waals surface area (Å²) in [5, 5.41) is 21.9. The summed E-state index contributed by atoms with van der Waals surface area (Å²) in [7, 11) is 0. The van der Waals surface area contributed by atoms with E-state index in [9.17, 15) is 4.79 Å². The molecule has 0 aromatic heterocycles. The van der Waals surface area contributed by atoms with E-state index in [0.717, 1.165) is 0 Å². The lowest BCUT2D eigenvalue weighted by atomic mass is 10.4. The highest BCUT2D eigenvalue weighted by Gasteiger charge is 1.99. The maximum absolute atomic E-state index is 9.57. The van der Waals surface area contributed by atoms with Gasteiger partial charge in [-0.2, -0.15) is 0 Å². The van der Waals surface area contributed by atoms with Crippen LogP contribution in [-0.2, 0) is 4.79 Å². The van der Waals surface area contributed by atoms with Crippen LogP contribution in [0.25, 0.3) is 0 Å². The highest BCUT2D eigenvalue weighted by molar-refractivity contribution is 6.13. The van der Waals surface area contributed by atoms with Gasteiger partial charge in [0.15, 0.2) is 0 Å². The molecule has 0 aliphatic rings. The minimum Gasteiger partial charge on any atom is -0.480 e. The maximum Gasteiger partial charge on any atom is 0.482 e. The Kier molecular flexibility index (Phi) is 9.26. The van der Waals surface area contributed by atoms with Crippen LogP contribution in [0.5, 0.6) is 0 Å². The van der Waals surface area contributed by atoms with Crippen molar-refractivity contribution in [2.45, 2.75) is 13.0 Å². The van der Waals surface area contributed by atoms with E-state index >= 15 is 0 Å². The second-order valence-corrected chi connectivity index (χ2v) is 1.24. The van der Waals surface area contributed by atoms with Crippen molar-refractivity contribution in [1.29, 1.82) is 0 Å². The molecule has 0 aliphatic heterocycles. The fraction of sp³-hybridized carbons (Fsp3) is 0.667. The Balaban J connectivity index is 0. The Bertz CT molecular complexity index is 76.2. The molecule has 0 bridgehead atoms. The normalized spacial score (nSPS) is 10.7. The number of carboxylic acid groups (broad SMARTS) is 1. The maximum atomic E-state index is 9.57. The van der Waals surface area contributed by atoms with E-state index in [4.69, 9.17) is 20.9 Å². The fourth-order valence-corrected chi connectivity index (χ4v) is 0. The molecule has 9 heavy (non-hydrogen) atoms. The Morgan fingerprint density at radius 1 is 1.67 bits per heavy atom. The third-order valence-electron chi connectivity index (χ3n) is 0.390. The predicted molar refractivity (Wildman–Crippen MR) is 31.5 cm³/mol. The minimum absolute atomic E-state index is 0. The summed E-state index contributed by atoms with van der Waals surface area (Å²) in [5.74, 6) is -0.963. The third kappa shape index (κ3) is 18.6. The first-order valence-corrected chi connectivity index (χ1v) is 2.14. The van der Waals surface area contributed by atoms with Crippen LogP contribution >= 0.6 is 0 Å². The number of nitrogens with two attached hydrogens (primary N) is 1. The zero-order valence-corrected chi connectivity index (χ0v) is 4.98. The summed E-state index contributed by atoms with van der Waals surface area (Å²) in [6, 6.07) is -0.731. The molecule has 0 spiro atoms. The van der Waals surface area contributed by atoms with Crippen LogP contribution in [0.1, 0.15) is 6.92 Å². The molecule has 1 unspecified atom stereocenters. The molecule has 5 N–H and O–H groups in total. The fourth-order valence-electron chi connectivity index (χ4n) is 0. The molecule has 0 saturated heterocycles. The zero-order valence-electron chi connectivity index (χ0n) is 4.98. The minimum atomic E-state index is -0.963. The topological polar surface area (TPSA) is 104 Å². The van der Waals surface area contributed by atoms with Crippen LogP contribution in [0.4, 0.5) is 0 Å². The van der Waals surface area contributed by atoms with Gasteiger partial charge in [0, 0.05) is 0 Å². The molecular weight excluding hydrogens is 125 g/mol. The molecule has 0 fully saturated rings. The summed E-state index contributed by atoms with van der Waals surface area (Å²) in [6.07, 6.45) is 0. The lowest BCUT2D eigenvalue weighted by Gasteiger charge is -1.90. The molecule has 53 valence electrons. The number of hydrogen-bond acceptors (Lipinski definition) is 4. The van der Waals surface area contributed by atoms with E-state index < -0.39 is 12.0 Å². The highest BCUT2D eigenvalue weighted by atomic mass is 16.4. The first-order chi connectivity index (χ1) is 4.06. The van der Waals surface area contributed by atoms with Gasteiger partial charge in [0.2, 0.25) is 0 Å². The summed E-state index contributed by atoms with van der Waals surface area (Å²) in [4.78, 5) is 9.57. The lowest BCUT2D eigenvalue weighted by Crippen LogP contribution is -2.25. The van der Waals surface area contributed by atoms with Crippen molar-refractivity contribution in [3.05, 3.63) is 0 Å². The van der Waals surface area contributed by atoms with Gasteiger partial charge in [0.25, 0.3) is 0 Å². The van der Waals surface area contributed by atoms with Crippen molar-refractivity contribution < 1.29 is 19.9 Å². The van der Waals surface area contributed by atoms with Crippen molar-refractivity contribution in [1.82, 2.24) is 0 Å². The van der Waals surface area contributed by atoms with Crippen LogP contribution < -0.4 is 5.73 Å². The first kappa shape index (κ1) is 11.2.